The summed E-state index contributed by atoms with van der Waals surface area (Å²) in [7, 11) is -3.77. The van der Waals surface area contributed by atoms with Gasteiger partial charge in [0, 0.05) is 6.07 Å². The number of nitrogens with zero attached hydrogens (tertiary/aromatic N) is 1. The van der Waals surface area contributed by atoms with Gasteiger partial charge in [-0.3, -0.25) is 9.52 Å². The molecule has 0 bridgehead atoms. The van der Waals surface area contributed by atoms with Gasteiger partial charge in [-0.2, -0.15) is 0 Å². The van der Waals surface area contributed by atoms with Gasteiger partial charge in [0.15, 0.2) is 5.69 Å². The first kappa shape index (κ1) is 16.7. The largest absolute Gasteiger partial charge is 0.361 e. The van der Waals surface area contributed by atoms with Crippen molar-refractivity contribution in [3.05, 3.63) is 72.1 Å². The number of hydrogen-bond acceptors (Lipinski definition) is 5. The number of nitrogens with one attached hydrogen (secondary N) is 2. The van der Waals surface area contributed by atoms with Crippen molar-refractivity contribution in [2.75, 3.05) is 10.0 Å². The number of hydrogen-bond donors (Lipinski definition) is 2. The van der Waals surface area contributed by atoms with Gasteiger partial charge in [-0.15, -0.1) is 0 Å². The number of amides is 1. The van der Waals surface area contributed by atoms with Gasteiger partial charge in [-0.1, -0.05) is 35.5 Å². The van der Waals surface area contributed by atoms with Crippen LogP contribution in [0.2, 0.25) is 0 Å². The Morgan fingerprint density at radius 2 is 1.64 bits per heavy atom. The van der Waals surface area contributed by atoms with Crippen LogP contribution in [0.1, 0.15) is 16.2 Å². The molecule has 3 aromatic rings. The molecule has 0 fully saturated rings. The molecule has 1 heterocycles. The van der Waals surface area contributed by atoms with Crippen molar-refractivity contribution in [2.24, 2.45) is 0 Å². The highest BCUT2D eigenvalue weighted by Gasteiger charge is 2.17. The van der Waals surface area contributed by atoms with Crippen LogP contribution in [0.5, 0.6) is 0 Å². The van der Waals surface area contributed by atoms with Crippen molar-refractivity contribution in [1.29, 1.82) is 0 Å². The zero-order valence-corrected chi connectivity index (χ0v) is 14.1. The molecule has 25 heavy (non-hydrogen) atoms. The lowest BCUT2D eigenvalue weighted by atomic mass is 10.2. The molecule has 0 saturated carbocycles. The summed E-state index contributed by atoms with van der Waals surface area (Å²) in [6, 6.07) is 16.0. The first-order valence-corrected chi connectivity index (χ1v) is 8.85. The summed E-state index contributed by atoms with van der Waals surface area (Å²) in [4.78, 5) is 12.3. The smallest absolute Gasteiger partial charge is 0.277 e. The highest BCUT2D eigenvalue weighted by Crippen LogP contribution is 2.25. The molecule has 0 aliphatic carbocycles. The number of para-hydroxylation sites is 2. The third-order valence-corrected chi connectivity index (χ3v) is 4.72. The van der Waals surface area contributed by atoms with Crippen molar-refractivity contribution < 1.29 is 17.7 Å². The number of aryl methyl sites for hydroxylation is 1. The summed E-state index contributed by atoms with van der Waals surface area (Å²) in [5.74, 6) is 0.00595. The summed E-state index contributed by atoms with van der Waals surface area (Å²) >= 11 is 0. The number of rotatable bonds is 5. The van der Waals surface area contributed by atoms with E-state index in [0.717, 1.165) is 0 Å². The Bertz CT molecular complexity index is 997. The first-order valence-electron chi connectivity index (χ1n) is 7.37. The monoisotopic (exact) mass is 357 g/mol. The number of anilines is 2. The molecule has 0 unspecified atom stereocenters. The van der Waals surface area contributed by atoms with E-state index < -0.39 is 15.9 Å². The summed E-state index contributed by atoms with van der Waals surface area (Å²) in [6.45, 7) is 1.67. The van der Waals surface area contributed by atoms with E-state index in [2.05, 4.69) is 15.2 Å². The maximum absolute atomic E-state index is 12.5. The average molecular weight is 357 g/mol. The molecule has 2 N–H and O–H groups in total. The van der Waals surface area contributed by atoms with E-state index in [1.165, 1.54) is 18.2 Å². The van der Waals surface area contributed by atoms with Crippen LogP contribution in [-0.4, -0.2) is 19.5 Å². The minimum absolute atomic E-state index is 0.109. The standard InChI is InChI=1S/C17H15N3O4S/c1-12-11-16(19-24-12)17(21)18-14-9-5-6-10-15(14)20-25(22,23)13-7-3-2-4-8-13/h2-11,20H,1H3,(H,18,21). The average Bonchev–Trinajstić information content (AvgIpc) is 3.04. The normalized spacial score (nSPS) is 11.1. The van der Waals surface area contributed by atoms with Crippen molar-refractivity contribution >= 4 is 27.3 Å². The van der Waals surface area contributed by atoms with Crippen LogP contribution < -0.4 is 10.0 Å². The number of carbonyl (C=O) groups is 1. The predicted octanol–water partition coefficient (Wildman–Crippen LogP) is 3.04. The molecule has 2 aromatic carbocycles. The van der Waals surface area contributed by atoms with Crippen LogP contribution in [0.4, 0.5) is 11.4 Å². The Kier molecular flexibility index (Phi) is 4.53. The number of sulfonamides is 1. The van der Waals surface area contributed by atoms with Crippen LogP contribution in [0.3, 0.4) is 0 Å². The van der Waals surface area contributed by atoms with Gasteiger partial charge >= 0.3 is 0 Å². The molecule has 8 heteroatoms. The Balaban J connectivity index is 1.85. The number of carbonyl (C=O) groups excluding carboxylic acids is 1. The summed E-state index contributed by atoms with van der Waals surface area (Å²) in [5.41, 5.74) is 0.672. The van der Waals surface area contributed by atoms with Crippen LogP contribution >= 0.6 is 0 Å². The maximum atomic E-state index is 12.5. The van der Waals surface area contributed by atoms with E-state index in [1.807, 2.05) is 0 Å². The van der Waals surface area contributed by atoms with Crippen LogP contribution in [0.15, 0.2) is 70.1 Å². The quantitative estimate of drug-likeness (QED) is 0.731. The third-order valence-electron chi connectivity index (χ3n) is 3.33. The molecule has 1 aromatic heterocycles. The van der Waals surface area contributed by atoms with Gasteiger partial charge in [0.25, 0.3) is 15.9 Å². The summed E-state index contributed by atoms with van der Waals surface area (Å²) < 4.78 is 32.3. The van der Waals surface area contributed by atoms with Crippen molar-refractivity contribution in [2.45, 2.75) is 11.8 Å². The molecule has 0 aliphatic heterocycles. The molecule has 3 rings (SSSR count). The lowest BCUT2D eigenvalue weighted by Crippen LogP contribution is -2.17. The van der Waals surface area contributed by atoms with E-state index >= 15 is 0 Å². The van der Waals surface area contributed by atoms with Gasteiger partial charge in [0.1, 0.15) is 5.76 Å². The fourth-order valence-corrected chi connectivity index (χ4v) is 3.25. The molecule has 7 nitrogen and oxygen atoms in total. The second kappa shape index (κ2) is 6.78. The Labute approximate surface area is 144 Å². The highest BCUT2D eigenvalue weighted by molar-refractivity contribution is 7.92. The third kappa shape index (κ3) is 3.86. The predicted molar refractivity (Wildman–Crippen MR) is 92.9 cm³/mol. The molecule has 0 radical (unpaired) electrons. The van der Waals surface area contributed by atoms with Gasteiger partial charge in [0.05, 0.1) is 16.3 Å². The van der Waals surface area contributed by atoms with E-state index in [1.54, 1.807) is 49.4 Å². The van der Waals surface area contributed by atoms with Crippen molar-refractivity contribution in [1.82, 2.24) is 5.16 Å². The zero-order chi connectivity index (χ0) is 17.9. The Morgan fingerprint density at radius 3 is 2.28 bits per heavy atom. The highest BCUT2D eigenvalue weighted by atomic mass is 32.2. The lowest BCUT2D eigenvalue weighted by Gasteiger charge is -2.13. The fourth-order valence-electron chi connectivity index (χ4n) is 2.14. The Morgan fingerprint density at radius 1 is 1.00 bits per heavy atom. The van der Waals surface area contributed by atoms with Crippen molar-refractivity contribution in [3.63, 3.8) is 0 Å². The SMILES string of the molecule is Cc1cc(C(=O)Nc2ccccc2NS(=O)(=O)c2ccccc2)no1. The topological polar surface area (TPSA) is 101 Å². The maximum Gasteiger partial charge on any atom is 0.277 e. The number of aromatic nitrogens is 1. The van der Waals surface area contributed by atoms with Gasteiger partial charge in [0.2, 0.25) is 0 Å². The Hall–Kier alpha value is -3.13. The first-order chi connectivity index (χ1) is 12.0. The molecule has 0 spiro atoms. The van der Waals surface area contributed by atoms with Crippen LogP contribution in [-0.2, 0) is 10.0 Å². The fraction of sp³-hybridized carbons (Fsp3) is 0.0588. The minimum Gasteiger partial charge on any atom is -0.361 e. The van der Waals surface area contributed by atoms with Gasteiger partial charge < -0.3 is 9.84 Å². The molecule has 0 aliphatic rings. The second-order valence-corrected chi connectivity index (χ2v) is 6.92. The van der Waals surface area contributed by atoms with Crippen molar-refractivity contribution in [3.8, 4) is 0 Å². The van der Waals surface area contributed by atoms with E-state index in [0.29, 0.717) is 11.4 Å². The summed E-state index contributed by atoms with van der Waals surface area (Å²) in [6.07, 6.45) is 0. The molecule has 0 saturated heterocycles. The van der Waals surface area contributed by atoms with E-state index in [9.17, 15) is 13.2 Å². The van der Waals surface area contributed by atoms with Crippen LogP contribution in [0.25, 0.3) is 0 Å². The van der Waals surface area contributed by atoms with Crippen LogP contribution in [0, 0.1) is 6.92 Å². The molecular formula is C17H15N3O4S. The molecule has 0 atom stereocenters. The van der Waals surface area contributed by atoms with E-state index in [4.69, 9.17) is 4.52 Å². The minimum atomic E-state index is -3.77. The lowest BCUT2D eigenvalue weighted by molar-refractivity contribution is 0.101. The number of benzene rings is 2. The second-order valence-electron chi connectivity index (χ2n) is 5.24. The molecular weight excluding hydrogens is 342 g/mol. The zero-order valence-electron chi connectivity index (χ0n) is 13.3. The van der Waals surface area contributed by atoms with E-state index in [-0.39, 0.29) is 16.3 Å². The molecule has 128 valence electrons. The van der Waals surface area contributed by atoms with Gasteiger partial charge in [-0.05, 0) is 31.2 Å². The van der Waals surface area contributed by atoms with Gasteiger partial charge in [-0.25, -0.2) is 8.42 Å². The summed E-state index contributed by atoms with van der Waals surface area (Å²) in [5, 5.41) is 6.26. The molecule has 1 amide bonds.